The first-order valence-electron chi connectivity index (χ1n) is 11.9. The van der Waals surface area contributed by atoms with Gasteiger partial charge in [-0.25, -0.2) is 14.5 Å². The molecular weight excluding hydrogens is 496 g/mol. The van der Waals surface area contributed by atoms with Crippen molar-refractivity contribution in [1.29, 1.82) is 0 Å². The lowest BCUT2D eigenvalue weighted by Gasteiger charge is -2.18. The van der Waals surface area contributed by atoms with Gasteiger partial charge < -0.3 is 11.1 Å². The highest BCUT2D eigenvalue weighted by atomic mass is 32.1. The smallest absolute Gasteiger partial charge is 0.274 e. The van der Waals surface area contributed by atoms with Gasteiger partial charge in [0.05, 0.1) is 23.5 Å². The molecule has 3 N–H and O–H groups in total. The SMILES string of the molecule is C[C@@H](NC(=O)c1c(N)nc2cccnn12)c1nc2scc(C#Cc3cnn(C)c3)c2cc1-c1ccccc1. The van der Waals surface area contributed by atoms with Gasteiger partial charge in [0.2, 0.25) is 0 Å². The van der Waals surface area contributed by atoms with Gasteiger partial charge in [0.15, 0.2) is 17.2 Å². The average Bonchev–Trinajstić information content (AvgIpc) is 3.62. The van der Waals surface area contributed by atoms with Crippen molar-refractivity contribution in [3.8, 4) is 23.0 Å². The van der Waals surface area contributed by atoms with Gasteiger partial charge in [-0.05, 0) is 30.7 Å². The van der Waals surface area contributed by atoms with E-state index in [2.05, 4.69) is 38.4 Å². The summed E-state index contributed by atoms with van der Waals surface area (Å²) in [5, 5.41) is 14.4. The number of fused-ring (bicyclic) bond motifs is 2. The van der Waals surface area contributed by atoms with Crippen LogP contribution < -0.4 is 11.1 Å². The number of carbonyl (C=O) groups is 1. The van der Waals surface area contributed by atoms with E-state index in [1.165, 1.54) is 15.9 Å². The third-order valence-corrected chi connectivity index (χ3v) is 7.01. The van der Waals surface area contributed by atoms with Gasteiger partial charge >= 0.3 is 0 Å². The molecule has 0 bridgehead atoms. The zero-order valence-electron chi connectivity index (χ0n) is 20.6. The zero-order valence-corrected chi connectivity index (χ0v) is 21.4. The van der Waals surface area contributed by atoms with Crippen molar-refractivity contribution in [2.24, 2.45) is 7.05 Å². The molecule has 10 heteroatoms. The Balaban J connectivity index is 1.40. The molecule has 1 amide bonds. The summed E-state index contributed by atoms with van der Waals surface area (Å²) in [7, 11) is 1.86. The van der Waals surface area contributed by atoms with Crippen molar-refractivity contribution in [3.63, 3.8) is 0 Å². The van der Waals surface area contributed by atoms with E-state index in [0.717, 1.165) is 38.2 Å². The Morgan fingerprint density at radius 1 is 1.11 bits per heavy atom. The molecule has 0 fully saturated rings. The number of nitrogen functional groups attached to an aromatic ring is 1. The fourth-order valence-corrected chi connectivity index (χ4v) is 5.19. The molecule has 6 aromatic rings. The van der Waals surface area contributed by atoms with Crippen molar-refractivity contribution in [2.45, 2.75) is 13.0 Å². The van der Waals surface area contributed by atoms with Crippen LogP contribution in [0, 0.1) is 11.8 Å². The lowest BCUT2D eigenvalue weighted by molar-refractivity contribution is 0.0933. The molecule has 0 radical (unpaired) electrons. The molecule has 0 aliphatic rings. The molecule has 0 saturated carbocycles. The third-order valence-electron chi connectivity index (χ3n) is 6.12. The summed E-state index contributed by atoms with van der Waals surface area (Å²) in [6, 6.07) is 15.2. The van der Waals surface area contributed by atoms with Crippen molar-refractivity contribution in [2.75, 3.05) is 5.73 Å². The molecule has 0 aliphatic carbocycles. The van der Waals surface area contributed by atoms with Crippen molar-refractivity contribution >= 4 is 38.9 Å². The monoisotopic (exact) mass is 518 g/mol. The summed E-state index contributed by atoms with van der Waals surface area (Å²) in [6.07, 6.45) is 5.20. The van der Waals surface area contributed by atoms with E-state index < -0.39 is 6.04 Å². The summed E-state index contributed by atoms with van der Waals surface area (Å²) in [4.78, 5) is 23.4. The molecule has 9 nitrogen and oxygen atoms in total. The van der Waals surface area contributed by atoms with E-state index in [9.17, 15) is 4.79 Å². The summed E-state index contributed by atoms with van der Waals surface area (Å²) < 4.78 is 3.17. The zero-order chi connectivity index (χ0) is 26.2. The third kappa shape index (κ3) is 4.25. The lowest BCUT2D eigenvalue weighted by atomic mass is 9.98. The predicted octanol–water partition coefficient (Wildman–Crippen LogP) is 4.21. The molecule has 38 heavy (non-hydrogen) atoms. The minimum atomic E-state index is -0.428. The van der Waals surface area contributed by atoms with Gasteiger partial charge in [-0.1, -0.05) is 42.2 Å². The highest BCUT2D eigenvalue weighted by molar-refractivity contribution is 7.17. The van der Waals surface area contributed by atoms with Crippen LogP contribution in [-0.2, 0) is 7.05 Å². The summed E-state index contributed by atoms with van der Waals surface area (Å²) in [5.74, 6) is 6.19. The van der Waals surface area contributed by atoms with Crippen molar-refractivity contribution in [1.82, 2.24) is 34.7 Å². The number of anilines is 1. The predicted molar refractivity (Wildman–Crippen MR) is 148 cm³/mol. The van der Waals surface area contributed by atoms with Gasteiger partial charge in [-0.15, -0.1) is 11.3 Å². The number of imidazole rings is 1. The maximum absolute atomic E-state index is 13.3. The first kappa shape index (κ1) is 23.4. The van der Waals surface area contributed by atoms with E-state index >= 15 is 0 Å². The molecule has 0 saturated heterocycles. The number of thiophene rings is 1. The number of amides is 1. The van der Waals surface area contributed by atoms with Crippen LogP contribution >= 0.6 is 11.3 Å². The Kier molecular flexibility index (Phi) is 5.82. The van der Waals surface area contributed by atoms with Crippen LogP contribution in [0.5, 0.6) is 0 Å². The molecule has 1 aromatic carbocycles. The molecule has 186 valence electrons. The van der Waals surface area contributed by atoms with E-state index in [-0.39, 0.29) is 17.4 Å². The van der Waals surface area contributed by atoms with Crippen LogP contribution in [0.4, 0.5) is 5.82 Å². The summed E-state index contributed by atoms with van der Waals surface area (Å²) in [6.45, 7) is 1.90. The minimum Gasteiger partial charge on any atom is -0.382 e. The number of nitrogens with two attached hydrogens (primary N) is 1. The van der Waals surface area contributed by atoms with Gasteiger partial charge in [-0.3, -0.25) is 9.48 Å². The molecular formula is C28H22N8OS. The van der Waals surface area contributed by atoms with Crippen LogP contribution in [0.2, 0.25) is 0 Å². The number of nitrogens with zero attached hydrogens (tertiary/aromatic N) is 6. The fourth-order valence-electron chi connectivity index (χ4n) is 4.32. The minimum absolute atomic E-state index is 0.121. The Hall–Kier alpha value is -5.01. The van der Waals surface area contributed by atoms with Crippen LogP contribution in [0.15, 0.2) is 72.5 Å². The summed E-state index contributed by atoms with van der Waals surface area (Å²) in [5.41, 5.74) is 11.2. The van der Waals surface area contributed by atoms with Crippen LogP contribution in [-0.4, -0.2) is 35.3 Å². The number of benzene rings is 1. The van der Waals surface area contributed by atoms with E-state index in [0.29, 0.717) is 5.65 Å². The number of hydrogen-bond donors (Lipinski definition) is 2. The molecule has 0 aliphatic heterocycles. The van der Waals surface area contributed by atoms with Gasteiger partial charge in [0.25, 0.3) is 5.91 Å². The van der Waals surface area contributed by atoms with E-state index in [1.54, 1.807) is 29.2 Å². The maximum atomic E-state index is 13.3. The first-order valence-corrected chi connectivity index (χ1v) is 12.7. The Bertz CT molecular complexity index is 1870. The van der Waals surface area contributed by atoms with Crippen LogP contribution in [0.1, 0.15) is 40.3 Å². The van der Waals surface area contributed by atoms with Crippen molar-refractivity contribution < 1.29 is 4.79 Å². The molecule has 0 spiro atoms. The number of aromatic nitrogens is 6. The molecule has 5 heterocycles. The van der Waals surface area contributed by atoms with Crippen LogP contribution in [0.3, 0.4) is 0 Å². The Morgan fingerprint density at radius 2 is 1.95 bits per heavy atom. The van der Waals surface area contributed by atoms with E-state index in [1.807, 2.05) is 55.9 Å². The topological polar surface area (TPSA) is 116 Å². The molecule has 1 atom stereocenters. The maximum Gasteiger partial charge on any atom is 0.274 e. The largest absolute Gasteiger partial charge is 0.382 e. The standard InChI is InChI=1S/C28H22N8OS/c1-17(32-27(37)25-26(29)33-23-9-6-12-30-36(23)25)24-21(19-7-4-3-5-8-19)13-22-20(16-38-28(22)34-24)11-10-18-14-31-35(2)15-18/h3-9,12-17H,29H2,1-2H3,(H,32,37)/t17-/m1/s1. The second kappa shape index (κ2) is 9.46. The Morgan fingerprint density at radius 3 is 2.74 bits per heavy atom. The number of pyridine rings is 1. The lowest BCUT2D eigenvalue weighted by Crippen LogP contribution is -2.29. The second-order valence-corrected chi connectivity index (χ2v) is 9.63. The van der Waals surface area contributed by atoms with Crippen molar-refractivity contribution in [3.05, 3.63) is 95.0 Å². The highest BCUT2D eigenvalue weighted by Gasteiger charge is 2.23. The molecule has 6 rings (SSSR count). The number of carbonyl (C=O) groups excluding carboxylic acids is 1. The van der Waals surface area contributed by atoms with Gasteiger partial charge in [0.1, 0.15) is 4.83 Å². The number of hydrogen-bond acceptors (Lipinski definition) is 7. The molecule has 5 aromatic heterocycles. The highest BCUT2D eigenvalue weighted by Crippen LogP contribution is 2.34. The quantitative estimate of drug-likeness (QED) is 0.338. The van der Waals surface area contributed by atoms with E-state index in [4.69, 9.17) is 10.7 Å². The number of rotatable bonds is 4. The average molecular weight is 519 g/mol. The van der Waals surface area contributed by atoms with Crippen LogP contribution in [0.25, 0.3) is 27.0 Å². The fraction of sp³-hybridized carbons (Fsp3) is 0.107. The first-order chi connectivity index (χ1) is 18.5. The number of nitrogens with one attached hydrogen (secondary N) is 1. The second-order valence-electron chi connectivity index (χ2n) is 8.78. The molecule has 0 unspecified atom stereocenters. The van der Waals surface area contributed by atoms with Gasteiger partial charge in [0, 0.05) is 41.3 Å². The van der Waals surface area contributed by atoms with Gasteiger partial charge in [-0.2, -0.15) is 10.2 Å². The summed E-state index contributed by atoms with van der Waals surface area (Å²) >= 11 is 1.52. The number of aryl methyl sites for hydroxylation is 1. The normalized spacial score (nSPS) is 11.8. The Labute approximate surface area is 222 Å².